The molecule has 1 fully saturated rings. The molecule has 1 amide bonds. The molecule has 5 heteroatoms. The Labute approximate surface area is 119 Å². The van der Waals surface area contributed by atoms with Crippen LogP contribution in [0.25, 0.3) is 0 Å². The smallest absolute Gasteiger partial charge is 0.232 e. The highest BCUT2D eigenvalue weighted by molar-refractivity contribution is 7.99. The number of amides is 1. The number of hydrogen-bond acceptors (Lipinski definition) is 3. The molecule has 1 aliphatic carbocycles. The molecule has 2 rings (SSSR count). The third-order valence-corrected chi connectivity index (χ3v) is 5.01. The zero-order valence-electron chi connectivity index (χ0n) is 12.2. The second-order valence-corrected chi connectivity index (χ2v) is 6.52. The van der Waals surface area contributed by atoms with E-state index in [9.17, 15) is 4.79 Å². The molecule has 1 atom stereocenters. The van der Waals surface area contributed by atoms with Gasteiger partial charge in [0.2, 0.25) is 5.91 Å². The number of hydrogen-bond donors (Lipinski definition) is 1. The van der Waals surface area contributed by atoms with Crippen molar-refractivity contribution in [2.24, 2.45) is 5.92 Å². The van der Waals surface area contributed by atoms with Gasteiger partial charge in [0.1, 0.15) is 0 Å². The number of carbonyl (C=O) groups is 1. The second-order valence-electron chi connectivity index (χ2n) is 5.49. The Hall–Kier alpha value is -0.970. The molecule has 0 spiro atoms. The number of rotatable bonds is 6. The lowest BCUT2D eigenvalue weighted by Gasteiger charge is -2.25. The van der Waals surface area contributed by atoms with E-state index < -0.39 is 0 Å². The molecule has 1 heterocycles. The molecule has 0 saturated heterocycles. The van der Waals surface area contributed by atoms with Gasteiger partial charge in [-0.05, 0) is 45.3 Å². The van der Waals surface area contributed by atoms with Gasteiger partial charge in [-0.1, -0.05) is 0 Å². The molecule has 1 unspecified atom stereocenters. The number of thioether (sulfide) groups is 1. The Morgan fingerprint density at radius 3 is 2.74 bits per heavy atom. The van der Waals surface area contributed by atoms with E-state index in [1.165, 1.54) is 12.8 Å². The fraction of sp³-hybridized carbons (Fsp3) is 0.714. The number of aromatic nitrogens is 2. The van der Waals surface area contributed by atoms with Crippen LogP contribution in [0.5, 0.6) is 0 Å². The summed E-state index contributed by atoms with van der Waals surface area (Å²) in [7, 11) is 1.89. The van der Waals surface area contributed by atoms with Crippen LogP contribution in [0.3, 0.4) is 0 Å². The van der Waals surface area contributed by atoms with Gasteiger partial charge in [-0.15, -0.1) is 0 Å². The fourth-order valence-corrected chi connectivity index (χ4v) is 3.45. The zero-order valence-corrected chi connectivity index (χ0v) is 13.0. The second kappa shape index (κ2) is 5.99. The Bertz CT molecular complexity index is 434. The minimum atomic E-state index is 0.0766. The Morgan fingerprint density at radius 2 is 2.21 bits per heavy atom. The van der Waals surface area contributed by atoms with E-state index in [1.54, 1.807) is 11.8 Å². The molecule has 19 heavy (non-hydrogen) atoms. The van der Waals surface area contributed by atoms with Gasteiger partial charge in [-0.2, -0.15) is 16.9 Å². The van der Waals surface area contributed by atoms with Gasteiger partial charge in [0.15, 0.2) is 0 Å². The predicted octanol–water partition coefficient (Wildman–Crippen LogP) is 2.69. The number of nitrogens with one attached hydrogen (secondary N) is 1. The van der Waals surface area contributed by atoms with E-state index in [-0.39, 0.29) is 11.9 Å². The molecular weight excluding hydrogens is 258 g/mol. The van der Waals surface area contributed by atoms with Gasteiger partial charge >= 0.3 is 0 Å². The third kappa shape index (κ3) is 3.53. The topological polar surface area (TPSA) is 49.0 Å². The molecule has 1 saturated carbocycles. The molecule has 0 radical (unpaired) electrons. The first-order chi connectivity index (χ1) is 9.00. The molecular formula is C14H23N3OS. The monoisotopic (exact) mass is 281 g/mol. The summed E-state index contributed by atoms with van der Waals surface area (Å²) in [6.45, 7) is 6.05. The molecule has 0 aromatic carbocycles. The first kappa shape index (κ1) is 14.4. The van der Waals surface area contributed by atoms with Crippen molar-refractivity contribution < 1.29 is 4.79 Å². The molecule has 1 aromatic heterocycles. The molecule has 1 N–H and O–H groups in total. The summed E-state index contributed by atoms with van der Waals surface area (Å²) in [4.78, 5) is 14.0. The minimum Gasteiger partial charge on any atom is -0.338 e. The maximum absolute atomic E-state index is 12.2. The van der Waals surface area contributed by atoms with E-state index in [0.717, 1.165) is 28.6 Å². The third-order valence-electron chi connectivity index (χ3n) is 3.85. The normalized spacial score (nSPS) is 16.4. The molecule has 0 bridgehead atoms. The summed E-state index contributed by atoms with van der Waals surface area (Å²) in [5.74, 6) is 2.81. The van der Waals surface area contributed by atoms with Crippen molar-refractivity contribution in [2.45, 2.75) is 39.7 Å². The number of aryl methyl sites for hydroxylation is 2. The van der Waals surface area contributed by atoms with Crippen molar-refractivity contribution in [2.75, 3.05) is 18.6 Å². The standard InChI is InChI=1S/C14H23N3OS/c1-9-14(10(2)16-15-9)11(3)17(4)13(18)8-19-7-12-5-6-12/h11-12H,5-8H2,1-4H3,(H,15,16). The van der Waals surface area contributed by atoms with E-state index >= 15 is 0 Å². The van der Waals surface area contributed by atoms with Crippen molar-refractivity contribution in [1.82, 2.24) is 15.1 Å². The zero-order chi connectivity index (χ0) is 14.0. The van der Waals surface area contributed by atoms with Gasteiger partial charge in [-0.3, -0.25) is 9.89 Å². The van der Waals surface area contributed by atoms with Crippen LogP contribution < -0.4 is 0 Å². The Kier molecular flexibility index (Phi) is 4.55. The highest BCUT2D eigenvalue weighted by Crippen LogP contribution is 2.32. The minimum absolute atomic E-state index is 0.0766. The van der Waals surface area contributed by atoms with Crippen molar-refractivity contribution >= 4 is 17.7 Å². The van der Waals surface area contributed by atoms with Crippen LogP contribution in [0, 0.1) is 19.8 Å². The van der Waals surface area contributed by atoms with Crippen molar-refractivity contribution in [3.63, 3.8) is 0 Å². The highest BCUT2D eigenvalue weighted by Gasteiger charge is 2.24. The fourth-order valence-electron chi connectivity index (χ4n) is 2.28. The van der Waals surface area contributed by atoms with Gasteiger partial charge < -0.3 is 4.90 Å². The van der Waals surface area contributed by atoms with E-state index in [4.69, 9.17) is 0 Å². The Balaban J connectivity index is 1.89. The summed E-state index contributed by atoms with van der Waals surface area (Å²) in [6, 6.07) is 0.0766. The summed E-state index contributed by atoms with van der Waals surface area (Å²) in [6.07, 6.45) is 2.70. The molecule has 1 aromatic rings. The Morgan fingerprint density at radius 1 is 1.53 bits per heavy atom. The van der Waals surface area contributed by atoms with Crippen LogP contribution in [0.2, 0.25) is 0 Å². The average molecular weight is 281 g/mol. The summed E-state index contributed by atoms with van der Waals surface area (Å²) >= 11 is 1.77. The number of carbonyl (C=O) groups excluding carboxylic acids is 1. The lowest BCUT2D eigenvalue weighted by molar-refractivity contribution is -0.128. The molecule has 0 aliphatic heterocycles. The number of H-pyrrole nitrogens is 1. The lowest BCUT2D eigenvalue weighted by atomic mass is 10.1. The molecule has 106 valence electrons. The molecule has 4 nitrogen and oxygen atoms in total. The summed E-state index contributed by atoms with van der Waals surface area (Å²) in [5, 5.41) is 7.19. The maximum atomic E-state index is 12.2. The quantitative estimate of drug-likeness (QED) is 0.872. The SMILES string of the molecule is Cc1n[nH]c(C)c1C(C)N(C)C(=O)CSCC1CC1. The van der Waals surface area contributed by atoms with E-state index in [2.05, 4.69) is 17.1 Å². The van der Waals surface area contributed by atoms with Gasteiger partial charge in [-0.25, -0.2) is 0 Å². The van der Waals surface area contributed by atoms with Crippen LogP contribution in [-0.4, -0.2) is 39.6 Å². The van der Waals surface area contributed by atoms with Crippen molar-refractivity contribution in [1.29, 1.82) is 0 Å². The lowest BCUT2D eigenvalue weighted by Crippen LogP contribution is -2.31. The summed E-state index contributed by atoms with van der Waals surface area (Å²) < 4.78 is 0. The van der Waals surface area contributed by atoms with E-state index in [0.29, 0.717) is 5.75 Å². The van der Waals surface area contributed by atoms with Gasteiger partial charge in [0, 0.05) is 18.3 Å². The summed E-state index contributed by atoms with van der Waals surface area (Å²) in [5.41, 5.74) is 3.17. The van der Waals surface area contributed by atoms with Crippen molar-refractivity contribution in [3.8, 4) is 0 Å². The predicted molar refractivity (Wildman–Crippen MR) is 79.3 cm³/mol. The number of nitrogens with zero attached hydrogens (tertiary/aromatic N) is 2. The van der Waals surface area contributed by atoms with Gasteiger partial charge in [0.05, 0.1) is 17.5 Å². The van der Waals surface area contributed by atoms with E-state index in [1.807, 2.05) is 25.8 Å². The average Bonchev–Trinajstić information content (AvgIpc) is 3.13. The maximum Gasteiger partial charge on any atom is 0.232 e. The molecule has 1 aliphatic rings. The van der Waals surface area contributed by atoms with Crippen LogP contribution >= 0.6 is 11.8 Å². The van der Waals surface area contributed by atoms with Crippen LogP contribution in [0.15, 0.2) is 0 Å². The largest absolute Gasteiger partial charge is 0.338 e. The highest BCUT2D eigenvalue weighted by atomic mass is 32.2. The number of aromatic amines is 1. The first-order valence-corrected chi connectivity index (χ1v) is 8.01. The van der Waals surface area contributed by atoms with Crippen molar-refractivity contribution in [3.05, 3.63) is 17.0 Å². The van der Waals surface area contributed by atoms with Crippen LogP contribution in [0.1, 0.15) is 42.8 Å². The van der Waals surface area contributed by atoms with Crippen LogP contribution in [-0.2, 0) is 4.79 Å². The van der Waals surface area contributed by atoms with Crippen LogP contribution in [0.4, 0.5) is 0 Å². The first-order valence-electron chi connectivity index (χ1n) is 6.85. The van der Waals surface area contributed by atoms with Gasteiger partial charge in [0.25, 0.3) is 0 Å².